The minimum atomic E-state index is -0.339. The van der Waals surface area contributed by atoms with Crippen LogP contribution in [0.5, 0.6) is 5.75 Å². The number of aryl methyl sites for hydroxylation is 1. The molecule has 0 saturated carbocycles. The Morgan fingerprint density at radius 2 is 2.03 bits per heavy atom. The van der Waals surface area contributed by atoms with Crippen LogP contribution in [0, 0.1) is 12.7 Å². The smallest absolute Gasteiger partial charge is 0.222 e. The summed E-state index contributed by atoms with van der Waals surface area (Å²) in [6.07, 6.45) is 1.85. The number of hydrogen-bond donors (Lipinski definition) is 1. The van der Waals surface area contributed by atoms with Crippen LogP contribution in [0.4, 0.5) is 10.1 Å². The summed E-state index contributed by atoms with van der Waals surface area (Å²) >= 11 is 0. The molecule has 6 heteroatoms. The quantitative estimate of drug-likeness (QED) is 0.681. The third-order valence-electron chi connectivity index (χ3n) is 5.04. The van der Waals surface area contributed by atoms with Crippen molar-refractivity contribution in [3.8, 4) is 5.75 Å². The van der Waals surface area contributed by atoms with Crippen molar-refractivity contribution in [1.82, 2.24) is 5.32 Å². The van der Waals surface area contributed by atoms with Crippen molar-refractivity contribution in [1.29, 1.82) is 0 Å². The van der Waals surface area contributed by atoms with Crippen molar-refractivity contribution < 1.29 is 18.3 Å². The second-order valence-corrected chi connectivity index (χ2v) is 7.25. The number of anilines is 1. The van der Waals surface area contributed by atoms with Crippen LogP contribution in [0.2, 0.25) is 0 Å². The Hall–Kier alpha value is -3.28. The molecule has 2 aromatic carbocycles. The predicted octanol–water partition coefficient (Wildman–Crippen LogP) is 4.20. The predicted molar refractivity (Wildman–Crippen MR) is 108 cm³/mol. The molecule has 1 amide bonds. The van der Waals surface area contributed by atoms with E-state index < -0.39 is 0 Å². The summed E-state index contributed by atoms with van der Waals surface area (Å²) in [6.45, 7) is 3.32. The van der Waals surface area contributed by atoms with E-state index in [4.69, 9.17) is 9.15 Å². The highest BCUT2D eigenvalue weighted by molar-refractivity contribution is 5.77. The van der Waals surface area contributed by atoms with Crippen LogP contribution in [0.3, 0.4) is 0 Å². The highest BCUT2D eigenvalue weighted by Crippen LogP contribution is 2.36. The van der Waals surface area contributed by atoms with Gasteiger partial charge in [0.2, 0.25) is 5.91 Å². The lowest BCUT2D eigenvalue weighted by Crippen LogP contribution is -2.45. The van der Waals surface area contributed by atoms with Gasteiger partial charge in [0.1, 0.15) is 23.9 Å². The molecule has 0 spiro atoms. The molecule has 3 aromatic rings. The van der Waals surface area contributed by atoms with Crippen LogP contribution in [0.25, 0.3) is 0 Å². The first-order chi connectivity index (χ1) is 14.1. The molecule has 4 rings (SSSR count). The zero-order valence-electron chi connectivity index (χ0n) is 16.2. The zero-order chi connectivity index (χ0) is 20.2. The van der Waals surface area contributed by atoms with Crippen molar-refractivity contribution in [2.24, 2.45) is 0 Å². The number of benzene rings is 2. The maximum absolute atomic E-state index is 13.7. The van der Waals surface area contributed by atoms with E-state index in [2.05, 4.69) is 34.5 Å². The van der Waals surface area contributed by atoms with Crippen LogP contribution < -0.4 is 15.0 Å². The number of halogens is 1. The van der Waals surface area contributed by atoms with Crippen molar-refractivity contribution in [3.05, 3.63) is 83.6 Å². The minimum absolute atomic E-state index is 0.0885. The molecule has 5 nitrogen and oxygen atoms in total. The van der Waals surface area contributed by atoms with Crippen molar-refractivity contribution >= 4 is 11.6 Å². The third-order valence-corrected chi connectivity index (χ3v) is 5.04. The van der Waals surface area contributed by atoms with E-state index >= 15 is 0 Å². The molecule has 1 atom stereocenters. The highest BCUT2D eigenvalue weighted by atomic mass is 19.1. The van der Waals surface area contributed by atoms with E-state index in [1.807, 2.05) is 13.0 Å². The molecule has 0 bridgehead atoms. The SMILES string of the molecule is Cc1ccc(CN2c3ccc(F)cc3OCC2CC(=O)NCc2ccco2)cc1. The number of carbonyl (C=O) groups is 1. The average Bonchev–Trinajstić information content (AvgIpc) is 3.23. The Bertz CT molecular complexity index is 970. The summed E-state index contributed by atoms with van der Waals surface area (Å²) in [4.78, 5) is 14.6. The normalized spacial score (nSPS) is 15.5. The second kappa shape index (κ2) is 8.39. The van der Waals surface area contributed by atoms with Crippen LogP contribution in [0.15, 0.2) is 65.3 Å². The van der Waals surface area contributed by atoms with E-state index in [-0.39, 0.29) is 24.2 Å². The molecule has 1 N–H and O–H groups in total. The number of carbonyl (C=O) groups excluding carboxylic acids is 1. The van der Waals surface area contributed by atoms with Crippen molar-refractivity contribution in [2.75, 3.05) is 11.5 Å². The lowest BCUT2D eigenvalue weighted by atomic mass is 10.1. The van der Waals surface area contributed by atoms with Crippen molar-refractivity contribution in [2.45, 2.75) is 32.5 Å². The lowest BCUT2D eigenvalue weighted by molar-refractivity contribution is -0.121. The van der Waals surface area contributed by atoms with Gasteiger partial charge >= 0.3 is 0 Å². The number of fused-ring (bicyclic) bond motifs is 1. The summed E-state index contributed by atoms with van der Waals surface area (Å²) in [5, 5.41) is 2.88. The second-order valence-electron chi connectivity index (χ2n) is 7.25. The Balaban J connectivity index is 1.51. The Morgan fingerprint density at radius 3 is 2.79 bits per heavy atom. The number of ether oxygens (including phenoxy) is 1. The van der Waals surface area contributed by atoms with Gasteiger partial charge in [-0.3, -0.25) is 4.79 Å². The summed E-state index contributed by atoms with van der Waals surface area (Å²) in [5.41, 5.74) is 3.10. The zero-order valence-corrected chi connectivity index (χ0v) is 16.2. The summed E-state index contributed by atoms with van der Waals surface area (Å²) < 4.78 is 24.7. The van der Waals surface area contributed by atoms with Gasteiger partial charge in [-0.15, -0.1) is 0 Å². The van der Waals surface area contributed by atoms with Gasteiger partial charge in [0, 0.05) is 12.6 Å². The van der Waals surface area contributed by atoms with Crippen LogP contribution in [0.1, 0.15) is 23.3 Å². The molecule has 2 heterocycles. The molecular weight excluding hydrogens is 371 g/mol. The average molecular weight is 394 g/mol. The first kappa shape index (κ1) is 19.1. The van der Waals surface area contributed by atoms with E-state index in [1.54, 1.807) is 18.4 Å². The van der Waals surface area contributed by atoms with Gasteiger partial charge in [0.15, 0.2) is 0 Å². The molecule has 0 aliphatic carbocycles. The van der Waals surface area contributed by atoms with Gasteiger partial charge in [-0.2, -0.15) is 0 Å². The molecule has 1 aliphatic rings. The summed E-state index contributed by atoms with van der Waals surface area (Å²) in [7, 11) is 0. The fourth-order valence-electron chi connectivity index (χ4n) is 3.47. The number of hydrogen-bond acceptors (Lipinski definition) is 4. The molecular formula is C23H23FN2O3. The number of nitrogens with zero attached hydrogens (tertiary/aromatic N) is 1. The van der Waals surface area contributed by atoms with Gasteiger partial charge in [0.25, 0.3) is 0 Å². The molecule has 0 fully saturated rings. The number of nitrogens with one attached hydrogen (secondary N) is 1. The molecule has 1 aromatic heterocycles. The van der Waals surface area contributed by atoms with E-state index in [9.17, 15) is 9.18 Å². The van der Waals surface area contributed by atoms with Gasteiger partial charge in [-0.1, -0.05) is 29.8 Å². The fraction of sp³-hybridized carbons (Fsp3) is 0.261. The van der Waals surface area contributed by atoms with E-state index in [0.29, 0.717) is 31.2 Å². The van der Waals surface area contributed by atoms with Crippen LogP contribution in [-0.2, 0) is 17.9 Å². The largest absolute Gasteiger partial charge is 0.489 e. The van der Waals surface area contributed by atoms with Crippen LogP contribution in [-0.4, -0.2) is 18.6 Å². The van der Waals surface area contributed by atoms with Gasteiger partial charge in [-0.05, 0) is 36.8 Å². The molecule has 0 radical (unpaired) electrons. The minimum Gasteiger partial charge on any atom is -0.489 e. The maximum Gasteiger partial charge on any atom is 0.222 e. The standard InChI is InChI=1S/C23H23FN2O3/c1-16-4-6-17(7-5-16)14-26-19(12-23(27)25-13-20-3-2-10-28-20)15-29-22-11-18(24)8-9-21(22)26/h2-11,19H,12-15H2,1H3,(H,25,27). The molecule has 150 valence electrons. The monoisotopic (exact) mass is 394 g/mol. The molecule has 1 aliphatic heterocycles. The maximum atomic E-state index is 13.7. The number of rotatable bonds is 6. The first-order valence-electron chi connectivity index (χ1n) is 9.62. The highest BCUT2D eigenvalue weighted by Gasteiger charge is 2.29. The van der Waals surface area contributed by atoms with E-state index in [0.717, 1.165) is 11.3 Å². The third kappa shape index (κ3) is 4.59. The summed E-state index contributed by atoms with van der Waals surface area (Å²) in [6, 6.07) is 16.2. The van der Waals surface area contributed by atoms with Gasteiger partial charge in [0.05, 0.1) is 31.0 Å². The lowest BCUT2D eigenvalue weighted by Gasteiger charge is -2.38. The number of furan rings is 1. The molecule has 29 heavy (non-hydrogen) atoms. The van der Waals surface area contributed by atoms with Gasteiger partial charge in [-0.25, -0.2) is 4.39 Å². The Morgan fingerprint density at radius 1 is 1.21 bits per heavy atom. The number of amides is 1. The topological polar surface area (TPSA) is 54.7 Å². The fourth-order valence-corrected chi connectivity index (χ4v) is 3.47. The molecule has 1 unspecified atom stereocenters. The Labute approximate surface area is 169 Å². The van der Waals surface area contributed by atoms with Crippen molar-refractivity contribution in [3.63, 3.8) is 0 Å². The van der Waals surface area contributed by atoms with E-state index in [1.165, 1.54) is 17.7 Å². The Kier molecular flexibility index (Phi) is 5.51. The van der Waals surface area contributed by atoms with Crippen LogP contribution >= 0.6 is 0 Å². The summed E-state index contributed by atoms with van der Waals surface area (Å²) in [5.74, 6) is 0.781. The van der Waals surface area contributed by atoms with Gasteiger partial charge < -0.3 is 19.4 Å². The first-order valence-corrected chi connectivity index (χ1v) is 9.62. The molecule has 0 saturated heterocycles.